The van der Waals surface area contributed by atoms with E-state index in [4.69, 9.17) is 15.2 Å². The number of likely N-dealkylation sites (N-methyl/N-ethyl adjacent to an activating group) is 1. The summed E-state index contributed by atoms with van der Waals surface area (Å²) < 4.78 is 10.8. The van der Waals surface area contributed by atoms with Gasteiger partial charge in [0.25, 0.3) is 5.91 Å². The molecule has 0 spiro atoms. The van der Waals surface area contributed by atoms with Gasteiger partial charge >= 0.3 is 6.01 Å². The summed E-state index contributed by atoms with van der Waals surface area (Å²) in [5, 5.41) is 0. The standard InChI is InChI=1S/C22H31N5O3.ClH/c1-15-21(23)16(2)25-22(24-15)30-14-20(28)26(3)18-8-10-27(11-9-18)13-17-6-5-7-19(12-17)29-4;/h5-7,12,18H,8-11,13-14,23H2,1-4H3;1H. The molecule has 170 valence electrons. The first kappa shape index (κ1) is 24.7. The summed E-state index contributed by atoms with van der Waals surface area (Å²) in [5.41, 5.74) is 8.95. The highest BCUT2D eigenvalue weighted by Gasteiger charge is 2.26. The van der Waals surface area contributed by atoms with Crippen LogP contribution in [-0.2, 0) is 11.3 Å². The number of carbonyl (C=O) groups is 1. The first-order valence-corrected chi connectivity index (χ1v) is 10.2. The molecule has 2 N–H and O–H groups in total. The molecular weight excluding hydrogens is 418 g/mol. The number of rotatable bonds is 7. The molecule has 8 nitrogen and oxygen atoms in total. The van der Waals surface area contributed by atoms with Gasteiger partial charge in [-0.25, -0.2) is 0 Å². The zero-order valence-corrected chi connectivity index (χ0v) is 19.4. The lowest BCUT2D eigenvalue weighted by Crippen LogP contribution is -2.46. The Kier molecular flexibility index (Phi) is 8.88. The van der Waals surface area contributed by atoms with E-state index in [9.17, 15) is 4.79 Å². The molecule has 1 aromatic carbocycles. The van der Waals surface area contributed by atoms with Gasteiger partial charge in [0.15, 0.2) is 6.61 Å². The lowest BCUT2D eigenvalue weighted by atomic mass is 10.0. The number of benzene rings is 1. The maximum absolute atomic E-state index is 12.6. The maximum Gasteiger partial charge on any atom is 0.317 e. The number of halogens is 1. The minimum absolute atomic E-state index is 0. The van der Waals surface area contributed by atoms with Gasteiger partial charge in [-0.3, -0.25) is 9.69 Å². The second-order valence-corrected chi connectivity index (χ2v) is 7.74. The van der Waals surface area contributed by atoms with Crippen molar-refractivity contribution in [2.75, 3.05) is 39.6 Å². The molecule has 1 aliphatic rings. The zero-order chi connectivity index (χ0) is 21.7. The summed E-state index contributed by atoms with van der Waals surface area (Å²) in [6.07, 6.45) is 1.87. The van der Waals surface area contributed by atoms with Gasteiger partial charge in [-0.1, -0.05) is 12.1 Å². The van der Waals surface area contributed by atoms with E-state index >= 15 is 0 Å². The SMILES string of the molecule is COc1cccc(CN2CCC(N(C)C(=O)COc3nc(C)c(N)c(C)n3)CC2)c1.Cl. The van der Waals surface area contributed by atoms with E-state index < -0.39 is 0 Å². The highest BCUT2D eigenvalue weighted by Crippen LogP contribution is 2.20. The van der Waals surface area contributed by atoms with Crippen LogP contribution in [0.5, 0.6) is 11.8 Å². The van der Waals surface area contributed by atoms with E-state index in [1.54, 1.807) is 25.9 Å². The van der Waals surface area contributed by atoms with Gasteiger partial charge in [0.1, 0.15) is 5.75 Å². The van der Waals surface area contributed by atoms with Crippen LogP contribution in [0.2, 0.25) is 0 Å². The number of nitrogens with zero attached hydrogens (tertiary/aromatic N) is 4. The molecule has 0 unspecified atom stereocenters. The number of hydrogen-bond acceptors (Lipinski definition) is 7. The molecule has 1 amide bonds. The summed E-state index contributed by atoms with van der Waals surface area (Å²) in [5.74, 6) is 0.806. The lowest BCUT2D eigenvalue weighted by molar-refractivity contribution is -0.135. The Labute approximate surface area is 190 Å². The van der Waals surface area contributed by atoms with Crippen molar-refractivity contribution < 1.29 is 14.3 Å². The Morgan fingerprint density at radius 1 is 1.23 bits per heavy atom. The van der Waals surface area contributed by atoms with E-state index in [2.05, 4.69) is 27.0 Å². The van der Waals surface area contributed by atoms with Crippen molar-refractivity contribution >= 4 is 24.0 Å². The number of amides is 1. The molecule has 1 fully saturated rings. The number of nitrogens with two attached hydrogens (primary N) is 1. The topological polar surface area (TPSA) is 93.8 Å². The summed E-state index contributed by atoms with van der Waals surface area (Å²) >= 11 is 0. The van der Waals surface area contributed by atoms with Gasteiger partial charge in [0.05, 0.1) is 24.2 Å². The zero-order valence-electron chi connectivity index (χ0n) is 18.6. The molecule has 2 aromatic rings. The van der Waals surface area contributed by atoms with Crippen LogP contribution in [0.1, 0.15) is 29.8 Å². The number of aryl methyl sites for hydroxylation is 2. The van der Waals surface area contributed by atoms with E-state index in [0.717, 1.165) is 38.2 Å². The van der Waals surface area contributed by atoms with Crippen molar-refractivity contribution in [3.8, 4) is 11.8 Å². The van der Waals surface area contributed by atoms with Gasteiger partial charge < -0.3 is 20.1 Å². The van der Waals surface area contributed by atoms with Crippen LogP contribution in [0.3, 0.4) is 0 Å². The number of hydrogen-bond donors (Lipinski definition) is 1. The van der Waals surface area contributed by atoms with Crippen molar-refractivity contribution in [2.45, 2.75) is 39.3 Å². The van der Waals surface area contributed by atoms with Crippen molar-refractivity contribution in [1.29, 1.82) is 0 Å². The summed E-state index contributed by atoms with van der Waals surface area (Å²) in [7, 11) is 3.53. The number of aromatic nitrogens is 2. The van der Waals surface area contributed by atoms with E-state index in [-0.39, 0.29) is 37.0 Å². The van der Waals surface area contributed by atoms with Crippen LogP contribution < -0.4 is 15.2 Å². The van der Waals surface area contributed by atoms with Crippen LogP contribution in [0.4, 0.5) is 5.69 Å². The van der Waals surface area contributed by atoms with E-state index in [1.807, 2.05) is 19.2 Å². The third-order valence-electron chi connectivity index (χ3n) is 5.67. The van der Waals surface area contributed by atoms with Crippen LogP contribution in [0.25, 0.3) is 0 Å². The summed E-state index contributed by atoms with van der Waals surface area (Å²) in [4.78, 5) is 25.2. The molecule has 1 aliphatic heterocycles. The minimum Gasteiger partial charge on any atom is -0.497 e. The number of methoxy groups -OCH3 is 1. The Morgan fingerprint density at radius 3 is 2.48 bits per heavy atom. The van der Waals surface area contributed by atoms with Crippen molar-refractivity contribution in [3.05, 3.63) is 41.2 Å². The van der Waals surface area contributed by atoms with Crippen LogP contribution >= 0.6 is 12.4 Å². The van der Waals surface area contributed by atoms with Crippen LogP contribution in [0.15, 0.2) is 24.3 Å². The highest BCUT2D eigenvalue weighted by atomic mass is 35.5. The monoisotopic (exact) mass is 449 g/mol. The Hall–Kier alpha value is -2.58. The first-order valence-electron chi connectivity index (χ1n) is 10.2. The number of likely N-dealkylation sites (tertiary alicyclic amines) is 1. The van der Waals surface area contributed by atoms with Gasteiger partial charge in [-0.15, -0.1) is 12.4 Å². The fourth-order valence-electron chi connectivity index (χ4n) is 3.68. The molecular formula is C22H32ClN5O3. The van der Waals surface area contributed by atoms with Crippen molar-refractivity contribution in [3.63, 3.8) is 0 Å². The number of anilines is 1. The van der Waals surface area contributed by atoms with Gasteiger partial charge in [0, 0.05) is 32.7 Å². The van der Waals surface area contributed by atoms with Gasteiger partial charge in [-0.2, -0.15) is 9.97 Å². The predicted molar refractivity (Wildman–Crippen MR) is 123 cm³/mol. The first-order chi connectivity index (χ1) is 14.4. The van der Waals surface area contributed by atoms with Crippen molar-refractivity contribution in [2.24, 2.45) is 0 Å². The van der Waals surface area contributed by atoms with Gasteiger partial charge in [-0.05, 0) is 44.4 Å². The average Bonchev–Trinajstić information content (AvgIpc) is 2.75. The number of nitrogen functional groups attached to an aromatic ring is 1. The molecule has 31 heavy (non-hydrogen) atoms. The molecule has 0 atom stereocenters. The van der Waals surface area contributed by atoms with Gasteiger partial charge in [0.2, 0.25) is 0 Å². The predicted octanol–water partition coefficient (Wildman–Crippen LogP) is 2.61. The molecule has 9 heteroatoms. The molecule has 1 aromatic heterocycles. The molecule has 2 heterocycles. The highest BCUT2D eigenvalue weighted by molar-refractivity contribution is 5.85. The second-order valence-electron chi connectivity index (χ2n) is 7.74. The molecule has 0 saturated carbocycles. The molecule has 0 aliphatic carbocycles. The van der Waals surface area contributed by atoms with E-state index in [1.165, 1.54) is 5.56 Å². The third-order valence-corrected chi connectivity index (χ3v) is 5.67. The quantitative estimate of drug-likeness (QED) is 0.694. The smallest absolute Gasteiger partial charge is 0.317 e. The Bertz CT molecular complexity index is 864. The molecule has 3 rings (SSSR count). The number of carbonyl (C=O) groups excluding carboxylic acids is 1. The fraction of sp³-hybridized carbons (Fsp3) is 0.500. The second kappa shape index (κ2) is 11.2. The van der Waals surface area contributed by atoms with Crippen LogP contribution in [-0.4, -0.2) is 65.6 Å². The summed E-state index contributed by atoms with van der Waals surface area (Å²) in [6, 6.07) is 8.55. The van der Waals surface area contributed by atoms with Crippen LogP contribution in [0, 0.1) is 13.8 Å². The Morgan fingerprint density at radius 2 is 1.87 bits per heavy atom. The normalized spacial score (nSPS) is 14.6. The lowest BCUT2D eigenvalue weighted by Gasteiger charge is -2.36. The third kappa shape index (κ3) is 6.45. The minimum atomic E-state index is -0.0800. The molecule has 1 saturated heterocycles. The average molecular weight is 450 g/mol. The number of piperidine rings is 1. The number of ether oxygens (including phenoxy) is 2. The van der Waals surface area contributed by atoms with Crippen molar-refractivity contribution in [1.82, 2.24) is 19.8 Å². The van der Waals surface area contributed by atoms with E-state index in [0.29, 0.717) is 17.1 Å². The maximum atomic E-state index is 12.6. The molecule has 0 radical (unpaired) electrons. The largest absolute Gasteiger partial charge is 0.497 e. The Balaban J connectivity index is 0.00000341. The summed E-state index contributed by atoms with van der Waals surface area (Å²) in [6.45, 7) is 6.29. The molecule has 0 bridgehead atoms. The fourth-order valence-corrected chi connectivity index (χ4v) is 3.68.